The Morgan fingerprint density at radius 2 is 2.40 bits per heavy atom. The van der Waals surface area contributed by atoms with E-state index in [4.69, 9.17) is 0 Å². The van der Waals surface area contributed by atoms with E-state index in [-0.39, 0.29) is 0 Å². The smallest absolute Gasteiger partial charge is 0.107 e. The summed E-state index contributed by atoms with van der Waals surface area (Å²) in [5, 5.41) is 0. The fourth-order valence-corrected chi connectivity index (χ4v) is 0.911. The van der Waals surface area contributed by atoms with Gasteiger partial charge in [0.15, 0.2) is 0 Å². The molecule has 0 N–H and O–H groups in total. The first-order chi connectivity index (χ1) is 4.70. The van der Waals surface area contributed by atoms with E-state index in [2.05, 4.69) is 33.6 Å². The molecule has 1 aromatic rings. The van der Waals surface area contributed by atoms with Crippen molar-refractivity contribution in [2.24, 2.45) is 0 Å². The lowest BCUT2D eigenvalue weighted by Crippen LogP contribution is -1.83. The number of hydrogen-bond donors (Lipinski definition) is 0. The Balaban J connectivity index is 3.07. The zero-order valence-corrected chi connectivity index (χ0v) is 7.27. The Bertz CT molecular complexity index is 255. The van der Waals surface area contributed by atoms with Gasteiger partial charge < -0.3 is 0 Å². The predicted octanol–water partition coefficient (Wildman–Crippen LogP) is 2.68. The summed E-state index contributed by atoms with van der Waals surface area (Å²) in [7, 11) is 0. The number of hydrogen-bond acceptors (Lipinski definition) is 1. The fraction of sp³-hybridized carbons (Fsp3) is 0.125. The average molecular weight is 197 g/mol. The first kappa shape index (κ1) is 7.48. The summed E-state index contributed by atoms with van der Waals surface area (Å²) in [6.07, 6.45) is 0. The summed E-state index contributed by atoms with van der Waals surface area (Å²) in [6.45, 7) is 5.68. The second-order valence-corrected chi connectivity index (χ2v) is 2.87. The molecule has 1 radical (unpaired) electrons. The Labute approximate surface area is 68.9 Å². The third-order valence-corrected chi connectivity index (χ3v) is 1.49. The molecule has 0 spiro atoms. The van der Waals surface area contributed by atoms with Crippen LogP contribution in [0.3, 0.4) is 0 Å². The van der Waals surface area contributed by atoms with Crippen LogP contribution in [0.4, 0.5) is 0 Å². The Kier molecular flexibility index (Phi) is 2.22. The van der Waals surface area contributed by atoms with Crippen molar-refractivity contribution >= 4 is 21.5 Å². The van der Waals surface area contributed by atoms with Gasteiger partial charge in [0, 0.05) is 0 Å². The normalized spacial score (nSPS) is 9.40. The van der Waals surface area contributed by atoms with E-state index in [1.165, 1.54) is 0 Å². The van der Waals surface area contributed by atoms with Gasteiger partial charge in [-0.1, -0.05) is 6.58 Å². The molecule has 0 aliphatic heterocycles. The highest BCUT2D eigenvalue weighted by Crippen LogP contribution is 2.11. The van der Waals surface area contributed by atoms with Gasteiger partial charge in [0.2, 0.25) is 0 Å². The molecule has 51 valence electrons. The molecule has 1 aromatic heterocycles. The van der Waals surface area contributed by atoms with Crippen molar-refractivity contribution in [3.8, 4) is 0 Å². The fourth-order valence-electron chi connectivity index (χ4n) is 0.588. The lowest BCUT2D eigenvalue weighted by molar-refractivity contribution is 1.22. The van der Waals surface area contributed by atoms with E-state index >= 15 is 0 Å². The Hall–Kier alpha value is -0.630. The third-order valence-electron chi connectivity index (χ3n) is 1.09. The van der Waals surface area contributed by atoms with Crippen LogP contribution in [0.15, 0.2) is 23.3 Å². The van der Waals surface area contributed by atoms with Crippen LogP contribution in [0.1, 0.15) is 12.6 Å². The molecule has 1 rings (SSSR count). The summed E-state index contributed by atoms with van der Waals surface area (Å²) in [6, 6.07) is 6.52. The molecule has 0 fully saturated rings. The molecule has 0 aliphatic rings. The Morgan fingerprint density at radius 3 is 2.80 bits per heavy atom. The van der Waals surface area contributed by atoms with E-state index in [1.54, 1.807) is 6.07 Å². The number of pyridine rings is 1. The van der Waals surface area contributed by atoms with Gasteiger partial charge in [0.25, 0.3) is 0 Å². The lowest BCUT2D eigenvalue weighted by Gasteiger charge is -1.96. The Morgan fingerprint density at radius 1 is 1.70 bits per heavy atom. The van der Waals surface area contributed by atoms with Gasteiger partial charge in [0.05, 0.1) is 5.69 Å². The minimum absolute atomic E-state index is 0.799. The van der Waals surface area contributed by atoms with Gasteiger partial charge in [-0.25, -0.2) is 4.98 Å². The van der Waals surface area contributed by atoms with E-state index in [0.29, 0.717) is 0 Å². The standard InChI is InChI=1S/C8H7BrN/c1-6(2)7-4-3-5-8(9)10-7/h4-5H,1H2,2H3. The van der Waals surface area contributed by atoms with Crippen LogP contribution in [0, 0.1) is 6.07 Å². The molecule has 0 saturated carbocycles. The average Bonchev–Trinajstić information content (AvgIpc) is 1.88. The van der Waals surface area contributed by atoms with Crippen LogP contribution in [0.25, 0.3) is 5.57 Å². The van der Waals surface area contributed by atoms with Gasteiger partial charge in [-0.15, -0.1) is 0 Å². The zero-order chi connectivity index (χ0) is 7.56. The van der Waals surface area contributed by atoms with E-state index < -0.39 is 0 Å². The van der Waals surface area contributed by atoms with Crippen LogP contribution in [0.2, 0.25) is 0 Å². The molecule has 0 atom stereocenters. The van der Waals surface area contributed by atoms with Gasteiger partial charge in [0.1, 0.15) is 4.60 Å². The van der Waals surface area contributed by atoms with Crippen LogP contribution in [-0.4, -0.2) is 4.98 Å². The van der Waals surface area contributed by atoms with Gasteiger partial charge in [-0.3, -0.25) is 0 Å². The van der Waals surface area contributed by atoms with Crippen molar-refractivity contribution < 1.29 is 0 Å². The molecule has 1 nitrogen and oxygen atoms in total. The summed E-state index contributed by atoms with van der Waals surface area (Å²) in [4.78, 5) is 4.16. The van der Waals surface area contributed by atoms with Crippen molar-refractivity contribution in [1.82, 2.24) is 4.98 Å². The SMILES string of the molecule is C=C(C)c1c[c]cc(Br)n1. The molecule has 2 heteroatoms. The monoisotopic (exact) mass is 196 g/mol. The molecule has 0 amide bonds. The van der Waals surface area contributed by atoms with E-state index in [9.17, 15) is 0 Å². The number of nitrogens with zero attached hydrogens (tertiary/aromatic N) is 1. The van der Waals surface area contributed by atoms with Crippen LogP contribution >= 0.6 is 15.9 Å². The van der Waals surface area contributed by atoms with Gasteiger partial charge in [-0.05, 0) is 46.6 Å². The summed E-state index contributed by atoms with van der Waals surface area (Å²) in [5.41, 5.74) is 1.84. The molecular formula is C8H7BrN. The molecule has 0 saturated heterocycles. The maximum Gasteiger partial charge on any atom is 0.107 e. The topological polar surface area (TPSA) is 12.9 Å². The van der Waals surface area contributed by atoms with Gasteiger partial charge >= 0.3 is 0 Å². The number of rotatable bonds is 1. The van der Waals surface area contributed by atoms with Crippen LogP contribution in [0.5, 0.6) is 0 Å². The first-order valence-electron chi connectivity index (χ1n) is 2.89. The maximum atomic E-state index is 4.16. The summed E-state index contributed by atoms with van der Waals surface area (Å²) in [5.74, 6) is 0. The maximum absolute atomic E-state index is 4.16. The largest absolute Gasteiger partial charge is 0.241 e. The zero-order valence-electron chi connectivity index (χ0n) is 5.69. The molecular weight excluding hydrogens is 190 g/mol. The van der Waals surface area contributed by atoms with Crippen molar-refractivity contribution in [2.75, 3.05) is 0 Å². The quantitative estimate of drug-likeness (QED) is 0.630. The molecule has 1 heterocycles. The van der Waals surface area contributed by atoms with Crippen molar-refractivity contribution in [1.29, 1.82) is 0 Å². The highest BCUT2D eigenvalue weighted by molar-refractivity contribution is 9.10. The summed E-state index contributed by atoms with van der Waals surface area (Å²) >= 11 is 3.25. The molecule has 0 bridgehead atoms. The van der Waals surface area contributed by atoms with E-state index in [0.717, 1.165) is 15.9 Å². The van der Waals surface area contributed by atoms with Crippen molar-refractivity contribution in [3.05, 3.63) is 35.1 Å². The first-order valence-corrected chi connectivity index (χ1v) is 3.69. The highest BCUT2D eigenvalue weighted by atomic mass is 79.9. The molecule has 0 aliphatic carbocycles. The van der Waals surface area contributed by atoms with Gasteiger partial charge in [-0.2, -0.15) is 0 Å². The number of aromatic nitrogens is 1. The molecule has 0 unspecified atom stereocenters. The number of halogens is 1. The second kappa shape index (κ2) is 2.97. The molecule has 10 heavy (non-hydrogen) atoms. The predicted molar refractivity (Wildman–Crippen MR) is 45.5 cm³/mol. The highest BCUT2D eigenvalue weighted by Gasteiger charge is 1.93. The summed E-state index contributed by atoms with van der Waals surface area (Å²) < 4.78 is 0.799. The van der Waals surface area contributed by atoms with E-state index in [1.807, 2.05) is 13.0 Å². The minimum atomic E-state index is 0.799. The molecule has 0 aromatic carbocycles. The van der Waals surface area contributed by atoms with Crippen LogP contribution in [-0.2, 0) is 0 Å². The second-order valence-electron chi connectivity index (χ2n) is 2.06. The van der Waals surface area contributed by atoms with Crippen molar-refractivity contribution in [3.63, 3.8) is 0 Å². The lowest BCUT2D eigenvalue weighted by atomic mass is 10.2. The van der Waals surface area contributed by atoms with Crippen LogP contribution < -0.4 is 0 Å². The number of allylic oxidation sites excluding steroid dienone is 1. The minimum Gasteiger partial charge on any atom is -0.241 e. The third kappa shape index (κ3) is 1.67. The van der Waals surface area contributed by atoms with Crippen molar-refractivity contribution in [2.45, 2.75) is 6.92 Å².